The van der Waals surface area contributed by atoms with Crippen LogP contribution in [0.25, 0.3) is 0 Å². The SMILES string of the molecule is CCOC(=O)c1cc(C#N)c(CBr)cc1CC. The first-order chi connectivity index (χ1) is 8.17. The first-order valence-corrected chi connectivity index (χ1v) is 6.59. The number of benzene rings is 1. The lowest BCUT2D eigenvalue weighted by atomic mass is 9.98. The van der Waals surface area contributed by atoms with Crippen molar-refractivity contribution in [2.75, 3.05) is 6.61 Å². The molecule has 0 atom stereocenters. The Bertz CT molecular complexity index is 463. The van der Waals surface area contributed by atoms with Gasteiger partial charge in [-0.3, -0.25) is 0 Å². The molecule has 0 fully saturated rings. The van der Waals surface area contributed by atoms with Gasteiger partial charge in [0.1, 0.15) is 0 Å². The molecule has 3 nitrogen and oxygen atoms in total. The van der Waals surface area contributed by atoms with Crippen LogP contribution in [-0.2, 0) is 16.5 Å². The van der Waals surface area contributed by atoms with E-state index in [0.717, 1.165) is 17.5 Å². The fourth-order valence-corrected chi connectivity index (χ4v) is 2.07. The van der Waals surface area contributed by atoms with Crippen molar-refractivity contribution in [2.24, 2.45) is 0 Å². The van der Waals surface area contributed by atoms with Crippen molar-refractivity contribution in [1.82, 2.24) is 0 Å². The highest BCUT2D eigenvalue weighted by molar-refractivity contribution is 9.08. The minimum atomic E-state index is -0.359. The summed E-state index contributed by atoms with van der Waals surface area (Å²) in [6, 6.07) is 5.60. The van der Waals surface area contributed by atoms with Gasteiger partial charge in [0.15, 0.2) is 0 Å². The topological polar surface area (TPSA) is 50.1 Å². The molecule has 1 aromatic rings. The third-order valence-electron chi connectivity index (χ3n) is 2.47. The fraction of sp³-hybridized carbons (Fsp3) is 0.385. The predicted molar refractivity (Wildman–Crippen MR) is 69.1 cm³/mol. The number of hydrogen-bond acceptors (Lipinski definition) is 3. The second-order valence-electron chi connectivity index (χ2n) is 3.49. The maximum Gasteiger partial charge on any atom is 0.338 e. The summed E-state index contributed by atoms with van der Waals surface area (Å²) >= 11 is 3.34. The first-order valence-electron chi connectivity index (χ1n) is 5.46. The molecule has 0 N–H and O–H groups in total. The van der Waals surface area contributed by atoms with Crippen LogP contribution in [0.4, 0.5) is 0 Å². The summed E-state index contributed by atoms with van der Waals surface area (Å²) in [5.41, 5.74) is 2.83. The number of alkyl halides is 1. The van der Waals surface area contributed by atoms with E-state index in [1.54, 1.807) is 13.0 Å². The zero-order valence-electron chi connectivity index (χ0n) is 9.92. The van der Waals surface area contributed by atoms with E-state index in [2.05, 4.69) is 22.0 Å². The standard InChI is InChI=1S/C13H14BrNO2/c1-3-9-5-10(7-14)11(8-15)6-12(9)13(16)17-4-2/h5-6H,3-4,7H2,1-2H3. The zero-order valence-corrected chi connectivity index (χ0v) is 11.5. The van der Waals surface area contributed by atoms with E-state index < -0.39 is 0 Å². The van der Waals surface area contributed by atoms with E-state index in [4.69, 9.17) is 10.00 Å². The average molecular weight is 296 g/mol. The minimum Gasteiger partial charge on any atom is -0.462 e. The molecular formula is C13H14BrNO2. The second-order valence-corrected chi connectivity index (χ2v) is 4.05. The number of nitriles is 1. The summed E-state index contributed by atoms with van der Waals surface area (Å²) in [4.78, 5) is 11.7. The normalized spacial score (nSPS) is 9.76. The van der Waals surface area contributed by atoms with Crippen LogP contribution in [0.5, 0.6) is 0 Å². The van der Waals surface area contributed by atoms with Gasteiger partial charge in [0.05, 0.1) is 23.8 Å². The number of ether oxygens (including phenoxy) is 1. The Morgan fingerprint density at radius 3 is 2.59 bits per heavy atom. The molecule has 0 bridgehead atoms. The van der Waals surface area contributed by atoms with Crippen molar-refractivity contribution in [2.45, 2.75) is 25.6 Å². The fourth-order valence-electron chi connectivity index (χ4n) is 1.60. The summed E-state index contributed by atoms with van der Waals surface area (Å²) in [5.74, 6) is -0.359. The lowest BCUT2D eigenvalue weighted by Gasteiger charge is -2.10. The number of esters is 1. The number of hydrogen-bond donors (Lipinski definition) is 0. The lowest BCUT2D eigenvalue weighted by Crippen LogP contribution is -2.09. The van der Waals surface area contributed by atoms with E-state index in [1.165, 1.54) is 0 Å². The Kier molecular flexibility index (Phi) is 5.17. The summed E-state index contributed by atoms with van der Waals surface area (Å²) in [5, 5.41) is 9.63. The molecule has 0 saturated heterocycles. The van der Waals surface area contributed by atoms with Gasteiger partial charge in [0, 0.05) is 5.33 Å². The van der Waals surface area contributed by atoms with Crippen LogP contribution in [0.15, 0.2) is 12.1 Å². The van der Waals surface area contributed by atoms with Gasteiger partial charge in [-0.05, 0) is 30.5 Å². The number of halogens is 1. The van der Waals surface area contributed by atoms with Crippen molar-refractivity contribution >= 4 is 21.9 Å². The van der Waals surface area contributed by atoms with Crippen LogP contribution in [0.1, 0.15) is 40.9 Å². The molecule has 0 radical (unpaired) electrons. The van der Waals surface area contributed by atoms with Crippen LogP contribution < -0.4 is 0 Å². The molecule has 0 aliphatic carbocycles. The summed E-state index contributed by atoms with van der Waals surface area (Å²) < 4.78 is 4.98. The van der Waals surface area contributed by atoms with Crippen molar-refractivity contribution in [1.29, 1.82) is 5.26 Å². The quantitative estimate of drug-likeness (QED) is 0.633. The molecule has 1 aromatic carbocycles. The molecule has 1 rings (SSSR count). The molecular weight excluding hydrogens is 282 g/mol. The summed E-state index contributed by atoms with van der Waals surface area (Å²) in [6.07, 6.45) is 0.736. The molecule has 0 amide bonds. The molecule has 0 saturated carbocycles. The highest BCUT2D eigenvalue weighted by atomic mass is 79.9. The van der Waals surface area contributed by atoms with Gasteiger partial charge in [0.2, 0.25) is 0 Å². The maximum absolute atomic E-state index is 11.7. The molecule has 0 heterocycles. The molecule has 0 aliphatic rings. The van der Waals surface area contributed by atoms with E-state index in [0.29, 0.717) is 23.1 Å². The third kappa shape index (κ3) is 3.07. The molecule has 17 heavy (non-hydrogen) atoms. The highest BCUT2D eigenvalue weighted by Crippen LogP contribution is 2.20. The molecule has 0 spiro atoms. The highest BCUT2D eigenvalue weighted by Gasteiger charge is 2.15. The number of rotatable bonds is 4. The van der Waals surface area contributed by atoms with E-state index in [-0.39, 0.29) is 5.97 Å². The van der Waals surface area contributed by atoms with Gasteiger partial charge < -0.3 is 4.74 Å². The number of nitrogens with zero attached hydrogens (tertiary/aromatic N) is 1. The monoisotopic (exact) mass is 295 g/mol. The minimum absolute atomic E-state index is 0.337. The molecule has 0 unspecified atom stereocenters. The average Bonchev–Trinajstić information content (AvgIpc) is 2.37. The van der Waals surface area contributed by atoms with Crippen molar-refractivity contribution < 1.29 is 9.53 Å². The van der Waals surface area contributed by atoms with Gasteiger partial charge in [-0.25, -0.2) is 4.79 Å². The Morgan fingerprint density at radius 1 is 1.41 bits per heavy atom. The molecule has 4 heteroatoms. The largest absolute Gasteiger partial charge is 0.462 e. The van der Waals surface area contributed by atoms with Gasteiger partial charge in [0.25, 0.3) is 0 Å². The second kappa shape index (κ2) is 6.41. The van der Waals surface area contributed by atoms with Crippen molar-refractivity contribution in [3.8, 4) is 6.07 Å². The Labute approximate surface area is 110 Å². The smallest absolute Gasteiger partial charge is 0.338 e. The van der Waals surface area contributed by atoms with Gasteiger partial charge in [-0.2, -0.15) is 5.26 Å². The van der Waals surface area contributed by atoms with Gasteiger partial charge in [-0.1, -0.05) is 28.9 Å². The van der Waals surface area contributed by atoms with Crippen LogP contribution in [-0.4, -0.2) is 12.6 Å². The van der Waals surface area contributed by atoms with E-state index >= 15 is 0 Å². The van der Waals surface area contributed by atoms with Gasteiger partial charge >= 0.3 is 5.97 Å². The summed E-state index contributed by atoms with van der Waals surface area (Å²) in [7, 11) is 0. The Hall–Kier alpha value is -1.34. The number of aryl methyl sites for hydroxylation is 1. The van der Waals surface area contributed by atoms with Crippen LogP contribution >= 0.6 is 15.9 Å². The third-order valence-corrected chi connectivity index (χ3v) is 3.07. The maximum atomic E-state index is 11.7. The van der Waals surface area contributed by atoms with Gasteiger partial charge in [-0.15, -0.1) is 0 Å². The predicted octanol–water partition coefficient (Wildman–Crippen LogP) is 3.19. The van der Waals surface area contributed by atoms with E-state index in [1.807, 2.05) is 13.0 Å². The van der Waals surface area contributed by atoms with Crippen LogP contribution in [0.2, 0.25) is 0 Å². The van der Waals surface area contributed by atoms with Crippen LogP contribution in [0.3, 0.4) is 0 Å². The number of carbonyl (C=O) groups excluding carboxylic acids is 1. The van der Waals surface area contributed by atoms with Crippen molar-refractivity contribution in [3.63, 3.8) is 0 Å². The molecule has 0 aliphatic heterocycles. The van der Waals surface area contributed by atoms with Crippen molar-refractivity contribution in [3.05, 3.63) is 34.4 Å². The first kappa shape index (κ1) is 13.7. The molecule has 90 valence electrons. The summed E-state index contributed by atoms with van der Waals surface area (Å²) in [6.45, 7) is 4.08. The molecule has 0 aromatic heterocycles. The Morgan fingerprint density at radius 2 is 2.12 bits per heavy atom. The number of carbonyl (C=O) groups is 1. The lowest BCUT2D eigenvalue weighted by molar-refractivity contribution is 0.0525. The Balaban J connectivity index is 3.29. The zero-order chi connectivity index (χ0) is 12.8. The van der Waals surface area contributed by atoms with E-state index in [9.17, 15) is 4.79 Å². The van der Waals surface area contributed by atoms with Crippen LogP contribution in [0, 0.1) is 11.3 Å².